The fraction of sp³-hybridized carbons (Fsp3) is 0. The molecule has 6 heteroatoms. The molecule has 0 aliphatic carbocycles. The Balaban J connectivity index is 0.000000187. The zero-order chi connectivity index (χ0) is 8.53. The Hall–Kier alpha value is -1.69. The number of amides is 2. The molecule has 1 heterocycles. The number of hydrazine groups is 1. The largest absolute Gasteiger partial charge is 0.351 e. The smallest absolute Gasteiger partial charge is 0.326 e. The van der Waals surface area contributed by atoms with Crippen LogP contribution in [0.2, 0.25) is 0 Å². The van der Waals surface area contributed by atoms with Gasteiger partial charge in [0, 0.05) is 24.8 Å². The molecule has 5 N–H and O–H groups in total. The highest BCUT2D eigenvalue weighted by molar-refractivity contribution is 5.70. The van der Waals surface area contributed by atoms with E-state index in [1.54, 1.807) is 30.2 Å². The Bertz CT molecular complexity index is 163. The van der Waals surface area contributed by atoms with Crippen molar-refractivity contribution in [3.8, 4) is 0 Å². The molecule has 0 aliphatic rings. The summed E-state index contributed by atoms with van der Waals surface area (Å²) in [5, 5.41) is 0. The molecule has 0 saturated carbocycles. The molecular formula is C5H9N5O. The molecule has 1 aromatic rings. The Kier molecular flexibility index (Phi) is 5.44. The molecule has 0 atom stereocenters. The van der Waals surface area contributed by atoms with Gasteiger partial charge in [-0.2, -0.15) is 0 Å². The van der Waals surface area contributed by atoms with Crippen molar-refractivity contribution in [2.45, 2.75) is 0 Å². The van der Waals surface area contributed by atoms with Crippen LogP contribution in [-0.4, -0.2) is 16.0 Å². The number of urea groups is 1. The second-order valence-corrected chi connectivity index (χ2v) is 1.40. The van der Waals surface area contributed by atoms with Gasteiger partial charge in [0.05, 0.1) is 0 Å². The third-order valence-electron chi connectivity index (χ3n) is 0.620. The summed E-state index contributed by atoms with van der Waals surface area (Å²) in [5.74, 6) is 4.45. The Morgan fingerprint density at radius 2 is 1.45 bits per heavy atom. The minimum atomic E-state index is -0.718. The lowest BCUT2D eigenvalue weighted by atomic mass is 10.8. The third kappa shape index (κ3) is 8.31. The monoisotopic (exact) mass is 155 g/mol. The van der Waals surface area contributed by atoms with Crippen LogP contribution in [-0.2, 0) is 0 Å². The van der Waals surface area contributed by atoms with Crippen LogP contribution in [0.1, 0.15) is 0 Å². The number of nitrogens with two attached hydrogens (primary N) is 2. The molecule has 60 valence electrons. The number of carbonyl (C=O) groups is 1. The van der Waals surface area contributed by atoms with E-state index in [4.69, 9.17) is 0 Å². The minimum absolute atomic E-state index is 0.718. The lowest BCUT2D eigenvalue weighted by Crippen LogP contribution is -2.34. The van der Waals surface area contributed by atoms with Gasteiger partial charge >= 0.3 is 6.03 Å². The van der Waals surface area contributed by atoms with Gasteiger partial charge in [-0.15, -0.1) is 0 Å². The molecule has 0 aromatic carbocycles. The highest BCUT2D eigenvalue weighted by Crippen LogP contribution is 1.65. The van der Waals surface area contributed by atoms with Crippen LogP contribution in [0, 0.1) is 0 Å². The highest BCUT2D eigenvalue weighted by atomic mass is 16.2. The van der Waals surface area contributed by atoms with E-state index >= 15 is 0 Å². The second kappa shape index (κ2) is 6.43. The van der Waals surface area contributed by atoms with E-state index in [1.807, 2.05) is 0 Å². The molecular weight excluding hydrogens is 146 g/mol. The maximum Gasteiger partial charge on any atom is 0.326 e. The summed E-state index contributed by atoms with van der Waals surface area (Å²) < 4.78 is 0. The van der Waals surface area contributed by atoms with Crippen LogP contribution in [0.15, 0.2) is 24.8 Å². The normalized spacial score (nSPS) is 7.36. The van der Waals surface area contributed by atoms with Gasteiger partial charge in [0.1, 0.15) is 0 Å². The molecule has 6 nitrogen and oxygen atoms in total. The standard InChI is InChI=1S/C4H4N2.CH5N3O/c1-2-6-4-3-5-1;2-1(5)4-3/h1-4H;3H2,(H3,2,4,5). The first kappa shape index (κ1) is 9.31. The molecule has 0 aliphatic heterocycles. The Labute approximate surface area is 63.6 Å². The minimum Gasteiger partial charge on any atom is -0.351 e. The van der Waals surface area contributed by atoms with Gasteiger partial charge < -0.3 is 5.73 Å². The van der Waals surface area contributed by atoms with Gasteiger partial charge in [-0.05, 0) is 0 Å². The van der Waals surface area contributed by atoms with Crippen molar-refractivity contribution in [2.24, 2.45) is 11.6 Å². The van der Waals surface area contributed by atoms with Crippen LogP contribution in [0.5, 0.6) is 0 Å². The van der Waals surface area contributed by atoms with Gasteiger partial charge in [0.15, 0.2) is 0 Å². The molecule has 0 unspecified atom stereocenters. The number of nitrogens with zero attached hydrogens (tertiary/aromatic N) is 2. The fourth-order valence-corrected chi connectivity index (χ4v) is 0.253. The molecule has 1 rings (SSSR count). The summed E-state index contributed by atoms with van der Waals surface area (Å²) in [6.45, 7) is 0. The number of rotatable bonds is 0. The molecule has 0 fully saturated rings. The van der Waals surface area contributed by atoms with Crippen molar-refractivity contribution in [3.05, 3.63) is 24.8 Å². The lowest BCUT2D eigenvalue weighted by Gasteiger charge is -1.81. The number of primary amides is 1. The predicted molar refractivity (Wildman–Crippen MR) is 38.9 cm³/mol. The zero-order valence-corrected chi connectivity index (χ0v) is 5.77. The summed E-state index contributed by atoms with van der Waals surface area (Å²) in [5.41, 5.74) is 6.08. The summed E-state index contributed by atoms with van der Waals surface area (Å²) in [4.78, 5) is 16.8. The second-order valence-electron chi connectivity index (χ2n) is 1.40. The third-order valence-corrected chi connectivity index (χ3v) is 0.620. The van der Waals surface area contributed by atoms with E-state index in [2.05, 4.69) is 21.5 Å². The van der Waals surface area contributed by atoms with Crippen LogP contribution < -0.4 is 17.0 Å². The van der Waals surface area contributed by atoms with Crippen molar-refractivity contribution in [3.63, 3.8) is 0 Å². The van der Waals surface area contributed by atoms with Gasteiger partial charge in [-0.3, -0.25) is 15.4 Å². The van der Waals surface area contributed by atoms with E-state index in [9.17, 15) is 4.79 Å². The molecule has 1 aromatic heterocycles. The molecule has 0 radical (unpaired) electrons. The first-order valence-corrected chi connectivity index (χ1v) is 2.73. The predicted octanol–water partition coefficient (Wildman–Crippen LogP) is -0.995. The maximum atomic E-state index is 9.35. The number of hydrogen-bond donors (Lipinski definition) is 3. The molecule has 2 amide bonds. The fourth-order valence-electron chi connectivity index (χ4n) is 0.253. The summed E-state index contributed by atoms with van der Waals surface area (Å²) in [6.07, 6.45) is 6.56. The van der Waals surface area contributed by atoms with E-state index in [1.165, 1.54) is 0 Å². The average molecular weight is 155 g/mol. The first-order chi connectivity index (χ1) is 5.27. The Morgan fingerprint density at radius 1 is 1.18 bits per heavy atom. The number of carbonyl (C=O) groups excluding carboxylic acids is 1. The summed E-state index contributed by atoms with van der Waals surface area (Å²) in [7, 11) is 0. The average Bonchev–Trinajstić information content (AvgIpc) is 2.09. The van der Waals surface area contributed by atoms with Crippen molar-refractivity contribution >= 4 is 6.03 Å². The SMILES string of the molecule is NNC(N)=O.c1cnccn1. The van der Waals surface area contributed by atoms with Crippen molar-refractivity contribution in [1.82, 2.24) is 15.4 Å². The van der Waals surface area contributed by atoms with E-state index in [-0.39, 0.29) is 0 Å². The first-order valence-electron chi connectivity index (χ1n) is 2.73. The topological polar surface area (TPSA) is 107 Å². The maximum absolute atomic E-state index is 9.35. The van der Waals surface area contributed by atoms with Crippen LogP contribution in [0.25, 0.3) is 0 Å². The molecule has 11 heavy (non-hydrogen) atoms. The van der Waals surface area contributed by atoms with Crippen LogP contribution in [0.4, 0.5) is 4.79 Å². The van der Waals surface area contributed by atoms with Gasteiger partial charge in [-0.25, -0.2) is 10.6 Å². The molecule has 0 bridgehead atoms. The van der Waals surface area contributed by atoms with Gasteiger partial charge in [0.25, 0.3) is 0 Å². The lowest BCUT2D eigenvalue weighted by molar-refractivity contribution is 0.249. The van der Waals surface area contributed by atoms with Crippen molar-refractivity contribution < 1.29 is 4.79 Å². The van der Waals surface area contributed by atoms with Crippen LogP contribution >= 0.6 is 0 Å². The van der Waals surface area contributed by atoms with E-state index in [0.29, 0.717) is 0 Å². The highest BCUT2D eigenvalue weighted by Gasteiger charge is 1.73. The quantitative estimate of drug-likeness (QED) is 0.254. The van der Waals surface area contributed by atoms with E-state index in [0.717, 1.165) is 0 Å². The van der Waals surface area contributed by atoms with Crippen molar-refractivity contribution in [1.29, 1.82) is 0 Å². The van der Waals surface area contributed by atoms with Crippen LogP contribution in [0.3, 0.4) is 0 Å². The van der Waals surface area contributed by atoms with Crippen molar-refractivity contribution in [2.75, 3.05) is 0 Å². The number of aromatic nitrogens is 2. The molecule has 0 spiro atoms. The number of hydrogen-bond acceptors (Lipinski definition) is 4. The van der Waals surface area contributed by atoms with E-state index < -0.39 is 6.03 Å². The molecule has 0 saturated heterocycles. The summed E-state index contributed by atoms with van der Waals surface area (Å²) in [6, 6.07) is -0.718. The number of nitrogens with one attached hydrogen (secondary N) is 1. The Morgan fingerprint density at radius 3 is 1.55 bits per heavy atom. The zero-order valence-electron chi connectivity index (χ0n) is 5.77. The van der Waals surface area contributed by atoms with Gasteiger partial charge in [0.2, 0.25) is 0 Å². The summed E-state index contributed by atoms with van der Waals surface area (Å²) >= 11 is 0. The van der Waals surface area contributed by atoms with Gasteiger partial charge in [-0.1, -0.05) is 0 Å².